The minimum Gasteiger partial charge on any atom is -0.480 e. The molecule has 114 valence electrons. The van der Waals surface area contributed by atoms with Gasteiger partial charge in [0.25, 0.3) is 5.91 Å². The van der Waals surface area contributed by atoms with Crippen molar-refractivity contribution < 1.29 is 9.53 Å². The van der Waals surface area contributed by atoms with Crippen LogP contribution in [0.15, 0.2) is 24.3 Å². The Hall–Kier alpha value is -1.51. The molecule has 2 aliphatic rings. The fourth-order valence-electron chi connectivity index (χ4n) is 3.86. The standard InChI is InChI=1S/C18H25NO2/c1-3-16(21-17-7-5-4-6-12(17)2)18(20)19-15-11-13-8-9-14(15)10-13/h4-7,13-16H,3,8-11H2,1-2H3,(H,19,20)/t13-,14-,15+,16-/m0/s1. The number of ether oxygens (including phenoxy) is 1. The van der Waals surface area contributed by atoms with Crippen LogP contribution >= 0.6 is 0 Å². The van der Waals surface area contributed by atoms with Gasteiger partial charge in [0.2, 0.25) is 0 Å². The number of rotatable bonds is 5. The fraction of sp³-hybridized carbons (Fsp3) is 0.611. The van der Waals surface area contributed by atoms with Gasteiger partial charge in [-0.3, -0.25) is 4.79 Å². The number of benzene rings is 1. The summed E-state index contributed by atoms with van der Waals surface area (Å²) in [5.41, 5.74) is 1.07. The molecule has 1 amide bonds. The van der Waals surface area contributed by atoms with Crippen molar-refractivity contribution in [2.45, 2.75) is 58.1 Å². The lowest BCUT2D eigenvalue weighted by molar-refractivity contribution is -0.129. The minimum atomic E-state index is -0.384. The van der Waals surface area contributed by atoms with E-state index in [-0.39, 0.29) is 12.0 Å². The molecule has 2 fully saturated rings. The second kappa shape index (κ2) is 6.08. The van der Waals surface area contributed by atoms with Gasteiger partial charge < -0.3 is 10.1 Å². The van der Waals surface area contributed by atoms with E-state index in [2.05, 4.69) is 5.32 Å². The van der Waals surface area contributed by atoms with E-state index in [4.69, 9.17) is 4.74 Å². The van der Waals surface area contributed by atoms with Crippen molar-refractivity contribution in [1.29, 1.82) is 0 Å². The van der Waals surface area contributed by atoms with Gasteiger partial charge >= 0.3 is 0 Å². The Morgan fingerprint density at radius 3 is 2.76 bits per heavy atom. The molecule has 3 heteroatoms. The van der Waals surface area contributed by atoms with Crippen molar-refractivity contribution in [2.75, 3.05) is 0 Å². The van der Waals surface area contributed by atoms with Crippen LogP contribution in [0.2, 0.25) is 0 Å². The van der Waals surface area contributed by atoms with Crippen LogP contribution in [0.1, 0.15) is 44.6 Å². The zero-order valence-electron chi connectivity index (χ0n) is 13.0. The molecule has 0 radical (unpaired) electrons. The summed E-state index contributed by atoms with van der Waals surface area (Å²) in [6.45, 7) is 4.01. The number of nitrogens with one attached hydrogen (secondary N) is 1. The highest BCUT2D eigenvalue weighted by molar-refractivity contribution is 5.81. The molecule has 0 spiro atoms. The molecule has 0 heterocycles. The first-order valence-corrected chi connectivity index (χ1v) is 8.20. The number of aryl methyl sites for hydroxylation is 1. The second-order valence-corrected chi connectivity index (χ2v) is 6.57. The van der Waals surface area contributed by atoms with Crippen molar-refractivity contribution in [3.05, 3.63) is 29.8 Å². The van der Waals surface area contributed by atoms with Crippen LogP contribution in [0.3, 0.4) is 0 Å². The topological polar surface area (TPSA) is 38.3 Å². The molecule has 2 aliphatic carbocycles. The minimum absolute atomic E-state index is 0.0540. The normalized spacial score (nSPS) is 28.4. The van der Waals surface area contributed by atoms with Crippen molar-refractivity contribution in [2.24, 2.45) is 11.8 Å². The summed E-state index contributed by atoms with van der Waals surface area (Å²) >= 11 is 0. The number of carbonyl (C=O) groups excluding carboxylic acids is 1. The van der Waals surface area contributed by atoms with E-state index in [0.717, 1.165) is 23.7 Å². The maximum atomic E-state index is 12.5. The first kappa shape index (κ1) is 14.4. The number of hydrogen-bond donors (Lipinski definition) is 1. The van der Waals surface area contributed by atoms with E-state index < -0.39 is 0 Å². The van der Waals surface area contributed by atoms with Crippen LogP contribution < -0.4 is 10.1 Å². The lowest BCUT2D eigenvalue weighted by atomic mass is 9.95. The van der Waals surface area contributed by atoms with Gasteiger partial charge in [0.15, 0.2) is 6.10 Å². The van der Waals surface area contributed by atoms with E-state index in [1.165, 1.54) is 19.3 Å². The molecule has 1 aromatic rings. The largest absolute Gasteiger partial charge is 0.480 e. The molecule has 3 rings (SSSR count). The Bertz CT molecular complexity index is 514. The lowest BCUT2D eigenvalue weighted by Gasteiger charge is -2.26. The van der Waals surface area contributed by atoms with Crippen LogP contribution in [-0.4, -0.2) is 18.1 Å². The molecular weight excluding hydrogens is 262 g/mol. The van der Waals surface area contributed by atoms with Crippen LogP contribution in [0.5, 0.6) is 5.75 Å². The second-order valence-electron chi connectivity index (χ2n) is 6.57. The van der Waals surface area contributed by atoms with E-state index in [0.29, 0.717) is 18.4 Å². The van der Waals surface area contributed by atoms with E-state index in [1.807, 2.05) is 38.1 Å². The van der Waals surface area contributed by atoms with E-state index in [1.54, 1.807) is 0 Å². The summed E-state index contributed by atoms with van der Waals surface area (Å²) < 4.78 is 5.93. The van der Waals surface area contributed by atoms with Crippen molar-refractivity contribution >= 4 is 5.91 Å². The van der Waals surface area contributed by atoms with Gasteiger partial charge in [-0.25, -0.2) is 0 Å². The average molecular weight is 287 g/mol. The van der Waals surface area contributed by atoms with Gasteiger partial charge in [-0.05, 0) is 56.1 Å². The first-order valence-electron chi connectivity index (χ1n) is 8.20. The first-order chi connectivity index (χ1) is 10.2. The molecule has 21 heavy (non-hydrogen) atoms. The van der Waals surface area contributed by atoms with Gasteiger partial charge in [0, 0.05) is 6.04 Å². The van der Waals surface area contributed by atoms with Crippen molar-refractivity contribution in [3.63, 3.8) is 0 Å². The third-order valence-electron chi connectivity index (χ3n) is 5.09. The summed E-state index contributed by atoms with van der Waals surface area (Å²) in [7, 11) is 0. The number of carbonyl (C=O) groups is 1. The Morgan fingerprint density at radius 2 is 2.14 bits per heavy atom. The van der Waals surface area contributed by atoms with Crippen LogP contribution in [-0.2, 0) is 4.79 Å². The van der Waals surface area contributed by atoms with E-state index >= 15 is 0 Å². The van der Waals surface area contributed by atoms with Crippen molar-refractivity contribution in [1.82, 2.24) is 5.32 Å². The lowest BCUT2D eigenvalue weighted by Crippen LogP contribution is -2.45. The number of hydrogen-bond acceptors (Lipinski definition) is 2. The summed E-state index contributed by atoms with van der Waals surface area (Å²) in [5.74, 6) is 2.42. The molecule has 2 bridgehead atoms. The van der Waals surface area contributed by atoms with Crippen LogP contribution in [0.25, 0.3) is 0 Å². The predicted octanol–water partition coefficient (Wildman–Crippen LogP) is 3.46. The smallest absolute Gasteiger partial charge is 0.261 e. The molecule has 0 aliphatic heterocycles. The average Bonchev–Trinajstić information content (AvgIpc) is 3.09. The number of amides is 1. The summed E-state index contributed by atoms with van der Waals surface area (Å²) in [5, 5.41) is 3.24. The highest BCUT2D eigenvalue weighted by Gasteiger charge is 2.40. The Morgan fingerprint density at radius 1 is 1.33 bits per heavy atom. The van der Waals surface area contributed by atoms with Gasteiger partial charge in [-0.1, -0.05) is 31.5 Å². The number of para-hydroxylation sites is 1. The highest BCUT2D eigenvalue weighted by Crippen LogP contribution is 2.44. The molecule has 3 nitrogen and oxygen atoms in total. The summed E-state index contributed by atoms with van der Waals surface area (Å²) in [4.78, 5) is 12.5. The van der Waals surface area contributed by atoms with Gasteiger partial charge in [-0.15, -0.1) is 0 Å². The third kappa shape index (κ3) is 3.07. The molecule has 0 saturated heterocycles. The van der Waals surface area contributed by atoms with Gasteiger partial charge in [-0.2, -0.15) is 0 Å². The summed E-state index contributed by atoms with van der Waals surface area (Å²) in [6.07, 6.45) is 5.42. The Kier molecular flexibility index (Phi) is 4.18. The molecule has 4 atom stereocenters. The highest BCUT2D eigenvalue weighted by atomic mass is 16.5. The maximum Gasteiger partial charge on any atom is 0.261 e. The number of fused-ring (bicyclic) bond motifs is 2. The molecule has 2 saturated carbocycles. The van der Waals surface area contributed by atoms with Gasteiger partial charge in [0.1, 0.15) is 5.75 Å². The third-order valence-corrected chi connectivity index (χ3v) is 5.09. The Labute approximate surface area is 127 Å². The SMILES string of the molecule is CC[C@H](Oc1ccccc1C)C(=O)N[C@@H]1C[C@H]2CC[C@H]1C2. The molecule has 0 aromatic heterocycles. The van der Waals surface area contributed by atoms with Crippen LogP contribution in [0, 0.1) is 18.8 Å². The maximum absolute atomic E-state index is 12.5. The quantitative estimate of drug-likeness (QED) is 0.900. The molecular formula is C18H25NO2. The predicted molar refractivity (Wildman–Crippen MR) is 83.3 cm³/mol. The van der Waals surface area contributed by atoms with Crippen molar-refractivity contribution in [3.8, 4) is 5.75 Å². The van der Waals surface area contributed by atoms with Gasteiger partial charge in [0.05, 0.1) is 0 Å². The Balaban J connectivity index is 1.60. The molecule has 1 N–H and O–H groups in total. The van der Waals surface area contributed by atoms with Crippen LogP contribution in [0.4, 0.5) is 0 Å². The summed E-state index contributed by atoms with van der Waals surface area (Å²) in [6, 6.07) is 8.26. The van der Waals surface area contributed by atoms with E-state index in [9.17, 15) is 4.79 Å². The molecule has 1 aromatic carbocycles. The zero-order valence-corrected chi connectivity index (χ0v) is 13.0. The molecule has 0 unspecified atom stereocenters. The zero-order chi connectivity index (χ0) is 14.8. The monoisotopic (exact) mass is 287 g/mol. The fourth-order valence-corrected chi connectivity index (χ4v) is 3.86.